The van der Waals surface area contributed by atoms with E-state index in [2.05, 4.69) is 31.8 Å². The van der Waals surface area contributed by atoms with Crippen molar-refractivity contribution in [2.45, 2.75) is 59.3 Å². The van der Waals surface area contributed by atoms with Crippen molar-refractivity contribution < 1.29 is 14.0 Å². The topological polar surface area (TPSA) is 65.5 Å². The van der Waals surface area contributed by atoms with E-state index in [9.17, 15) is 9.59 Å². The number of allylic oxidation sites excluding steroid dienone is 1. The summed E-state index contributed by atoms with van der Waals surface area (Å²) < 4.78 is 16.6. The number of carbonyl (C=O) groups excluding carboxylic acids is 2. The molecule has 3 aromatic rings. The zero-order chi connectivity index (χ0) is 27.2. The third kappa shape index (κ3) is 3.87. The number of carbonyl (C=O) groups is 2. The number of aryl methyl sites for hydroxylation is 1. The number of fused-ring (bicyclic) bond motifs is 2. The van der Waals surface area contributed by atoms with Crippen LogP contribution in [0.1, 0.15) is 79.3 Å². The molecule has 1 aliphatic rings. The number of halogens is 1. The van der Waals surface area contributed by atoms with Gasteiger partial charge < -0.3 is 15.1 Å². The molecule has 2 amide bonds. The summed E-state index contributed by atoms with van der Waals surface area (Å²) in [4.78, 5) is 35.1. The number of pyridine rings is 1. The summed E-state index contributed by atoms with van der Waals surface area (Å²) in [5, 5.41) is 5.53. The van der Waals surface area contributed by atoms with Crippen LogP contribution < -0.4 is 5.32 Å². The molecule has 1 aromatic heterocycles. The zero-order valence-electron chi connectivity index (χ0n) is 23.0. The van der Waals surface area contributed by atoms with Crippen LogP contribution in [0.2, 0.25) is 0 Å². The quantitative estimate of drug-likeness (QED) is 0.385. The highest BCUT2D eigenvalue weighted by molar-refractivity contribution is 6.22. The standard InChI is InChI=1S/C30H37FN4O2/c1-9-16-30(6)17(5)32-27-21-19(14-13-15-20(21)30)22-24(29(37)35(11-3)12-4)25(31)23(28(36)34(7)8)18(10-2)26(22)33-27/h13-15H,5,9-12,16H2,1-4,6-8H3,(H,32,33). The van der Waals surface area contributed by atoms with E-state index in [0.29, 0.717) is 41.8 Å². The van der Waals surface area contributed by atoms with E-state index in [1.807, 2.05) is 32.9 Å². The molecule has 0 bridgehead atoms. The molecule has 2 heterocycles. The monoisotopic (exact) mass is 504 g/mol. The van der Waals surface area contributed by atoms with Crippen LogP contribution in [0.3, 0.4) is 0 Å². The molecule has 0 radical (unpaired) electrons. The molecular weight excluding hydrogens is 467 g/mol. The molecule has 1 aliphatic heterocycles. The van der Waals surface area contributed by atoms with Crippen LogP contribution in [0.4, 0.5) is 10.2 Å². The van der Waals surface area contributed by atoms with E-state index in [-0.39, 0.29) is 16.5 Å². The minimum Gasteiger partial charge on any atom is -0.345 e. The average molecular weight is 505 g/mol. The summed E-state index contributed by atoms with van der Waals surface area (Å²) in [6, 6.07) is 5.97. The van der Waals surface area contributed by atoms with Crippen molar-refractivity contribution in [3.05, 3.63) is 58.5 Å². The van der Waals surface area contributed by atoms with Gasteiger partial charge in [-0.1, -0.05) is 45.0 Å². The van der Waals surface area contributed by atoms with E-state index >= 15 is 4.39 Å². The predicted octanol–water partition coefficient (Wildman–Crippen LogP) is 6.27. The fourth-order valence-corrected chi connectivity index (χ4v) is 5.76. The van der Waals surface area contributed by atoms with Gasteiger partial charge in [0.05, 0.1) is 16.6 Å². The lowest BCUT2D eigenvalue weighted by Crippen LogP contribution is -2.34. The Morgan fingerprint density at radius 1 is 1.05 bits per heavy atom. The summed E-state index contributed by atoms with van der Waals surface area (Å²) in [6.07, 6.45) is 2.22. The fraction of sp³-hybridized carbons (Fsp3) is 0.433. The molecule has 0 spiro atoms. The molecule has 0 saturated carbocycles. The summed E-state index contributed by atoms with van der Waals surface area (Å²) in [7, 11) is 3.17. The van der Waals surface area contributed by atoms with Crippen molar-refractivity contribution in [2.24, 2.45) is 0 Å². The normalized spacial score (nSPS) is 16.7. The summed E-state index contributed by atoms with van der Waals surface area (Å²) in [6.45, 7) is 15.1. The summed E-state index contributed by atoms with van der Waals surface area (Å²) in [5.41, 5.74) is 2.38. The van der Waals surface area contributed by atoms with Gasteiger partial charge >= 0.3 is 0 Å². The second-order valence-electron chi connectivity index (χ2n) is 10.2. The van der Waals surface area contributed by atoms with Crippen LogP contribution in [-0.4, -0.2) is 53.8 Å². The van der Waals surface area contributed by atoms with Gasteiger partial charge in [0.2, 0.25) is 0 Å². The number of aromatic nitrogens is 1. The van der Waals surface area contributed by atoms with Gasteiger partial charge in [0.1, 0.15) is 11.6 Å². The highest BCUT2D eigenvalue weighted by Gasteiger charge is 2.38. The van der Waals surface area contributed by atoms with Crippen LogP contribution in [0.25, 0.3) is 21.7 Å². The smallest absolute Gasteiger partial charge is 0.257 e. The first-order valence-corrected chi connectivity index (χ1v) is 13.2. The largest absolute Gasteiger partial charge is 0.345 e. The van der Waals surface area contributed by atoms with Crippen LogP contribution in [-0.2, 0) is 11.8 Å². The fourth-order valence-electron chi connectivity index (χ4n) is 5.76. The summed E-state index contributed by atoms with van der Waals surface area (Å²) >= 11 is 0. The van der Waals surface area contributed by atoms with Crippen molar-refractivity contribution in [2.75, 3.05) is 32.5 Å². The molecule has 1 atom stereocenters. The number of amides is 2. The first-order valence-electron chi connectivity index (χ1n) is 13.2. The highest BCUT2D eigenvalue weighted by Crippen LogP contribution is 2.48. The lowest BCUT2D eigenvalue weighted by Gasteiger charge is -2.38. The number of nitrogens with one attached hydrogen (secondary N) is 1. The molecule has 7 heteroatoms. The molecule has 0 saturated heterocycles. The Kier molecular flexibility index (Phi) is 7.01. The molecule has 4 rings (SSSR count). The second-order valence-corrected chi connectivity index (χ2v) is 10.2. The van der Waals surface area contributed by atoms with Crippen molar-refractivity contribution in [3.8, 4) is 0 Å². The second kappa shape index (κ2) is 9.77. The van der Waals surface area contributed by atoms with Crippen molar-refractivity contribution in [1.29, 1.82) is 0 Å². The molecule has 37 heavy (non-hydrogen) atoms. The van der Waals surface area contributed by atoms with Crippen LogP contribution in [0.15, 0.2) is 30.5 Å². The first-order chi connectivity index (χ1) is 17.6. The highest BCUT2D eigenvalue weighted by atomic mass is 19.1. The number of nitrogens with zero attached hydrogens (tertiary/aromatic N) is 3. The number of anilines is 1. The molecule has 2 aromatic carbocycles. The maximum atomic E-state index is 16.6. The van der Waals surface area contributed by atoms with Gasteiger partial charge in [0.15, 0.2) is 0 Å². The third-order valence-corrected chi connectivity index (χ3v) is 7.83. The molecule has 196 valence electrons. The summed E-state index contributed by atoms with van der Waals surface area (Å²) in [5.74, 6) is -1.06. The van der Waals surface area contributed by atoms with Crippen molar-refractivity contribution in [1.82, 2.24) is 14.8 Å². The lowest BCUT2D eigenvalue weighted by atomic mass is 9.72. The third-order valence-electron chi connectivity index (χ3n) is 7.83. The maximum absolute atomic E-state index is 16.6. The Labute approximate surface area is 218 Å². The predicted molar refractivity (Wildman–Crippen MR) is 149 cm³/mol. The molecule has 1 N–H and O–H groups in total. The van der Waals surface area contributed by atoms with Crippen LogP contribution >= 0.6 is 0 Å². The van der Waals surface area contributed by atoms with Gasteiger partial charge in [-0.05, 0) is 50.1 Å². The molecule has 0 aliphatic carbocycles. The Morgan fingerprint density at radius 3 is 2.30 bits per heavy atom. The van der Waals surface area contributed by atoms with E-state index in [1.54, 1.807) is 19.0 Å². The minimum absolute atomic E-state index is 0.0844. The van der Waals surface area contributed by atoms with Gasteiger partial charge in [-0.3, -0.25) is 9.59 Å². The van der Waals surface area contributed by atoms with Gasteiger partial charge in [-0.25, -0.2) is 9.37 Å². The Morgan fingerprint density at radius 2 is 1.73 bits per heavy atom. The van der Waals surface area contributed by atoms with Gasteiger partial charge in [-0.2, -0.15) is 0 Å². The van der Waals surface area contributed by atoms with E-state index < -0.39 is 17.6 Å². The maximum Gasteiger partial charge on any atom is 0.257 e. The van der Waals surface area contributed by atoms with E-state index in [1.165, 1.54) is 4.90 Å². The van der Waals surface area contributed by atoms with Crippen molar-refractivity contribution in [3.63, 3.8) is 0 Å². The van der Waals surface area contributed by atoms with E-state index in [0.717, 1.165) is 34.9 Å². The van der Waals surface area contributed by atoms with E-state index in [4.69, 9.17) is 4.98 Å². The van der Waals surface area contributed by atoms with Crippen LogP contribution in [0, 0.1) is 5.82 Å². The Bertz CT molecular complexity index is 1440. The lowest BCUT2D eigenvalue weighted by molar-refractivity contribution is 0.0770. The Hall–Kier alpha value is -3.48. The van der Waals surface area contributed by atoms with Crippen LogP contribution in [0.5, 0.6) is 0 Å². The number of rotatable bonds is 7. The average Bonchev–Trinajstić information content (AvgIpc) is 2.87. The molecule has 1 unspecified atom stereocenters. The van der Waals surface area contributed by atoms with Gasteiger partial charge in [0, 0.05) is 49.1 Å². The number of hydrogen-bond acceptors (Lipinski definition) is 4. The molecule has 6 nitrogen and oxygen atoms in total. The van der Waals surface area contributed by atoms with Gasteiger partial charge in [-0.15, -0.1) is 0 Å². The SMILES string of the molecule is C=C1Nc2nc3c(CC)c(C(=O)N(C)C)c(F)c(C(=O)N(CC)CC)c3c3cccc(c23)C1(C)CCC. The molecular formula is C30H37FN4O2. The number of hydrogen-bond donors (Lipinski definition) is 1. The molecule has 0 fully saturated rings. The zero-order valence-corrected chi connectivity index (χ0v) is 23.0. The Balaban J connectivity index is 2.28. The first kappa shape index (κ1) is 26.6. The van der Waals surface area contributed by atoms with Crippen molar-refractivity contribution >= 4 is 39.3 Å². The van der Waals surface area contributed by atoms with Gasteiger partial charge in [0.25, 0.3) is 11.8 Å². The minimum atomic E-state index is -0.771. The number of benzene rings is 2.